The molecular formula is C21H29N3. The van der Waals surface area contributed by atoms with E-state index in [2.05, 4.69) is 67.1 Å². The van der Waals surface area contributed by atoms with Crippen LogP contribution >= 0.6 is 0 Å². The summed E-state index contributed by atoms with van der Waals surface area (Å²) in [5.74, 6) is 1.95. The summed E-state index contributed by atoms with van der Waals surface area (Å²) in [6.45, 7) is 8.92. The summed E-state index contributed by atoms with van der Waals surface area (Å²) in [7, 11) is 0. The van der Waals surface area contributed by atoms with Crippen LogP contribution in [-0.2, 0) is 0 Å². The topological polar surface area (TPSA) is 29.0 Å². The van der Waals surface area contributed by atoms with Crippen molar-refractivity contribution in [1.29, 1.82) is 0 Å². The van der Waals surface area contributed by atoms with E-state index in [0.717, 1.165) is 18.9 Å². The van der Waals surface area contributed by atoms with Gasteiger partial charge in [-0.25, -0.2) is 9.97 Å². The van der Waals surface area contributed by atoms with Crippen molar-refractivity contribution in [2.45, 2.75) is 57.9 Å². The highest BCUT2D eigenvalue weighted by Crippen LogP contribution is 2.33. The molecule has 1 saturated heterocycles. The van der Waals surface area contributed by atoms with E-state index in [4.69, 9.17) is 4.98 Å². The van der Waals surface area contributed by atoms with E-state index < -0.39 is 0 Å². The van der Waals surface area contributed by atoms with Gasteiger partial charge in [-0.1, -0.05) is 51.1 Å². The third-order valence-electron chi connectivity index (χ3n) is 5.17. The molecule has 0 amide bonds. The van der Waals surface area contributed by atoms with Crippen molar-refractivity contribution in [3.8, 4) is 0 Å². The van der Waals surface area contributed by atoms with Gasteiger partial charge in [0.2, 0.25) is 0 Å². The molecule has 0 aliphatic carbocycles. The number of piperidine rings is 1. The molecule has 2 heterocycles. The number of likely N-dealkylation sites (tertiary alicyclic amines) is 1. The second-order valence-corrected chi connectivity index (χ2v) is 7.14. The SMILES string of the molecule is CC[C@H](c1ccccc1)N1CCC(c2ccnc(C(C)C)n2)CC1. The van der Waals surface area contributed by atoms with E-state index in [-0.39, 0.29) is 0 Å². The van der Waals surface area contributed by atoms with E-state index in [1.165, 1.54) is 30.5 Å². The van der Waals surface area contributed by atoms with Crippen molar-refractivity contribution >= 4 is 0 Å². The van der Waals surface area contributed by atoms with Crippen LogP contribution < -0.4 is 0 Å². The Morgan fingerprint density at radius 1 is 1.08 bits per heavy atom. The number of aromatic nitrogens is 2. The van der Waals surface area contributed by atoms with E-state index in [9.17, 15) is 0 Å². The summed E-state index contributed by atoms with van der Waals surface area (Å²) in [6, 6.07) is 13.6. The average molecular weight is 323 g/mol. The van der Waals surface area contributed by atoms with Crippen LogP contribution in [0.2, 0.25) is 0 Å². The van der Waals surface area contributed by atoms with Crippen molar-refractivity contribution in [1.82, 2.24) is 14.9 Å². The molecule has 3 nitrogen and oxygen atoms in total. The van der Waals surface area contributed by atoms with E-state index in [0.29, 0.717) is 17.9 Å². The number of benzene rings is 1. The van der Waals surface area contributed by atoms with Gasteiger partial charge < -0.3 is 0 Å². The van der Waals surface area contributed by atoms with Crippen LogP contribution in [0, 0.1) is 0 Å². The van der Waals surface area contributed by atoms with Gasteiger partial charge in [0, 0.05) is 29.8 Å². The van der Waals surface area contributed by atoms with Crippen LogP contribution in [0.4, 0.5) is 0 Å². The molecule has 0 spiro atoms. The Morgan fingerprint density at radius 3 is 2.42 bits per heavy atom. The fourth-order valence-corrected chi connectivity index (χ4v) is 3.78. The molecule has 1 aromatic carbocycles. The first-order valence-corrected chi connectivity index (χ1v) is 9.30. The van der Waals surface area contributed by atoms with Gasteiger partial charge in [0.05, 0.1) is 0 Å². The molecule has 3 heteroatoms. The number of rotatable bonds is 5. The Morgan fingerprint density at radius 2 is 1.79 bits per heavy atom. The molecule has 1 aliphatic heterocycles. The maximum atomic E-state index is 4.81. The average Bonchev–Trinajstić information content (AvgIpc) is 2.64. The minimum absolute atomic E-state index is 0.396. The molecular weight excluding hydrogens is 294 g/mol. The second-order valence-electron chi connectivity index (χ2n) is 7.14. The van der Waals surface area contributed by atoms with Crippen LogP contribution in [0.15, 0.2) is 42.6 Å². The third-order valence-corrected chi connectivity index (χ3v) is 5.17. The molecule has 0 radical (unpaired) electrons. The summed E-state index contributed by atoms with van der Waals surface area (Å²) in [5, 5.41) is 0. The summed E-state index contributed by atoms with van der Waals surface area (Å²) in [5.41, 5.74) is 2.68. The van der Waals surface area contributed by atoms with Crippen molar-refractivity contribution in [3.63, 3.8) is 0 Å². The van der Waals surface area contributed by atoms with Crippen molar-refractivity contribution in [3.05, 3.63) is 59.7 Å². The lowest BCUT2D eigenvalue weighted by molar-refractivity contribution is 0.147. The summed E-state index contributed by atoms with van der Waals surface area (Å²) < 4.78 is 0. The predicted molar refractivity (Wildman–Crippen MR) is 99.1 cm³/mol. The fourth-order valence-electron chi connectivity index (χ4n) is 3.78. The fraction of sp³-hybridized carbons (Fsp3) is 0.524. The highest BCUT2D eigenvalue weighted by molar-refractivity contribution is 5.19. The lowest BCUT2D eigenvalue weighted by atomic mass is 9.91. The maximum Gasteiger partial charge on any atom is 0.131 e. The summed E-state index contributed by atoms with van der Waals surface area (Å²) >= 11 is 0. The van der Waals surface area contributed by atoms with Gasteiger partial charge in [0.1, 0.15) is 5.82 Å². The molecule has 0 saturated carbocycles. The zero-order valence-corrected chi connectivity index (χ0v) is 15.2. The van der Waals surface area contributed by atoms with Crippen LogP contribution in [0.25, 0.3) is 0 Å². The third kappa shape index (κ3) is 3.84. The molecule has 0 N–H and O–H groups in total. The normalized spacial score (nSPS) is 18.0. The van der Waals surface area contributed by atoms with E-state index in [1.54, 1.807) is 0 Å². The lowest BCUT2D eigenvalue weighted by Crippen LogP contribution is -2.36. The molecule has 3 rings (SSSR count). The predicted octanol–water partition coefficient (Wildman–Crippen LogP) is 4.93. The van der Waals surface area contributed by atoms with Crippen LogP contribution in [0.1, 0.15) is 75.0 Å². The highest BCUT2D eigenvalue weighted by Gasteiger charge is 2.26. The van der Waals surface area contributed by atoms with Crippen molar-refractivity contribution < 1.29 is 0 Å². The van der Waals surface area contributed by atoms with Gasteiger partial charge in [-0.15, -0.1) is 0 Å². The monoisotopic (exact) mass is 323 g/mol. The van der Waals surface area contributed by atoms with Gasteiger partial charge in [-0.05, 0) is 44.0 Å². The molecule has 128 valence electrons. The van der Waals surface area contributed by atoms with Gasteiger partial charge in [0.15, 0.2) is 0 Å². The van der Waals surface area contributed by atoms with Gasteiger partial charge in [-0.2, -0.15) is 0 Å². The van der Waals surface area contributed by atoms with Gasteiger partial charge in [-0.3, -0.25) is 4.90 Å². The zero-order chi connectivity index (χ0) is 16.9. The Balaban J connectivity index is 1.66. The Labute approximate surface area is 146 Å². The number of hydrogen-bond acceptors (Lipinski definition) is 3. The first-order valence-electron chi connectivity index (χ1n) is 9.30. The molecule has 1 fully saturated rings. The summed E-state index contributed by atoms with van der Waals surface area (Å²) in [4.78, 5) is 11.9. The molecule has 1 atom stereocenters. The highest BCUT2D eigenvalue weighted by atomic mass is 15.2. The molecule has 1 aromatic heterocycles. The smallest absolute Gasteiger partial charge is 0.131 e. The van der Waals surface area contributed by atoms with Crippen LogP contribution in [0.3, 0.4) is 0 Å². The molecule has 2 aromatic rings. The quantitative estimate of drug-likeness (QED) is 0.781. The maximum absolute atomic E-state index is 4.81. The Hall–Kier alpha value is -1.74. The van der Waals surface area contributed by atoms with Crippen molar-refractivity contribution in [2.75, 3.05) is 13.1 Å². The largest absolute Gasteiger partial charge is 0.296 e. The standard InChI is InChI=1S/C21H29N3/c1-4-20(18-8-6-5-7-9-18)24-14-11-17(12-15-24)19-10-13-22-21(23-19)16(2)3/h5-10,13,16-17,20H,4,11-12,14-15H2,1-3H3/t20-/m1/s1. The first kappa shape index (κ1) is 17.1. The first-order chi connectivity index (χ1) is 11.7. The number of nitrogens with zero attached hydrogens (tertiary/aromatic N) is 3. The summed E-state index contributed by atoms with van der Waals surface area (Å²) in [6.07, 6.45) is 5.48. The van der Waals surface area contributed by atoms with Crippen molar-refractivity contribution in [2.24, 2.45) is 0 Å². The number of hydrogen-bond donors (Lipinski definition) is 0. The Bertz CT molecular complexity index is 631. The molecule has 0 unspecified atom stereocenters. The Kier molecular flexibility index (Phi) is 5.62. The van der Waals surface area contributed by atoms with E-state index in [1.807, 2.05) is 6.20 Å². The molecule has 0 bridgehead atoms. The van der Waals surface area contributed by atoms with Crippen LogP contribution in [-0.4, -0.2) is 28.0 Å². The van der Waals surface area contributed by atoms with Gasteiger partial charge in [0.25, 0.3) is 0 Å². The molecule has 24 heavy (non-hydrogen) atoms. The molecule has 1 aliphatic rings. The zero-order valence-electron chi connectivity index (χ0n) is 15.2. The van der Waals surface area contributed by atoms with E-state index >= 15 is 0 Å². The lowest BCUT2D eigenvalue weighted by Gasteiger charge is -2.37. The minimum Gasteiger partial charge on any atom is -0.296 e. The van der Waals surface area contributed by atoms with Crippen LogP contribution in [0.5, 0.6) is 0 Å². The second kappa shape index (κ2) is 7.89. The minimum atomic E-state index is 0.396. The van der Waals surface area contributed by atoms with Gasteiger partial charge >= 0.3 is 0 Å².